The first-order chi connectivity index (χ1) is 31.0. The number of aliphatic hydroxyl groups is 4. The van der Waals surface area contributed by atoms with Gasteiger partial charge in [-0.2, -0.15) is 0 Å². The highest BCUT2D eigenvalue weighted by Crippen LogP contribution is 2.17. The monoisotopic (exact) mass is 888 g/mol. The molecule has 0 saturated heterocycles. The minimum Gasteiger partial charge on any atom is -0.394 e. The molecule has 4 atom stereocenters. The van der Waals surface area contributed by atoms with Crippen LogP contribution in [0.25, 0.3) is 0 Å². The Bertz CT molecular complexity index is 997. The fourth-order valence-electron chi connectivity index (χ4n) is 8.67. The van der Waals surface area contributed by atoms with Crippen molar-refractivity contribution >= 4 is 5.91 Å². The van der Waals surface area contributed by atoms with Crippen molar-refractivity contribution in [3.05, 3.63) is 36.5 Å². The van der Waals surface area contributed by atoms with Crippen LogP contribution in [-0.4, -0.2) is 57.3 Å². The van der Waals surface area contributed by atoms with Gasteiger partial charge in [0, 0.05) is 0 Å². The molecule has 0 heterocycles. The molecule has 0 bridgehead atoms. The van der Waals surface area contributed by atoms with Gasteiger partial charge in [-0.05, 0) is 64.2 Å². The summed E-state index contributed by atoms with van der Waals surface area (Å²) in [5.74, 6) is -0.596. The lowest BCUT2D eigenvalue weighted by atomic mass is 10.00. The van der Waals surface area contributed by atoms with E-state index in [1.165, 1.54) is 205 Å². The first-order valence-corrected chi connectivity index (χ1v) is 27.9. The Morgan fingerprint density at radius 3 is 1.00 bits per heavy atom. The predicted octanol–water partition coefficient (Wildman–Crippen LogP) is 16.0. The number of amides is 1. The van der Waals surface area contributed by atoms with Gasteiger partial charge < -0.3 is 25.7 Å². The van der Waals surface area contributed by atoms with Crippen molar-refractivity contribution in [2.24, 2.45) is 0 Å². The largest absolute Gasteiger partial charge is 0.394 e. The van der Waals surface area contributed by atoms with E-state index in [9.17, 15) is 25.2 Å². The van der Waals surface area contributed by atoms with Crippen LogP contribution >= 0.6 is 0 Å². The third kappa shape index (κ3) is 45.5. The van der Waals surface area contributed by atoms with Gasteiger partial charge >= 0.3 is 0 Å². The van der Waals surface area contributed by atoms with Crippen molar-refractivity contribution in [3.8, 4) is 0 Å². The van der Waals surface area contributed by atoms with Crippen LogP contribution in [-0.2, 0) is 4.79 Å². The molecule has 0 aliphatic rings. The Morgan fingerprint density at radius 1 is 0.381 bits per heavy atom. The lowest BCUT2D eigenvalue weighted by molar-refractivity contribution is -0.132. The summed E-state index contributed by atoms with van der Waals surface area (Å²) in [6.07, 6.45) is 63.6. The number of nitrogens with one attached hydrogen (secondary N) is 1. The van der Waals surface area contributed by atoms with Gasteiger partial charge in [0.1, 0.15) is 12.2 Å². The minimum atomic E-state index is -1.29. The molecule has 6 heteroatoms. The summed E-state index contributed by atoms with van der Waals surface area (Å²) in [5.41, 5.74) is 0. The van der Waals surface area contributed by atoms with Crippen LogP contribution < -0.4 is 5.32 Å². The van der Waals surface area contributed by atoms with Crippen LogP contribution in [0.2, 0.25) is 0 Å². The average Bonchev–Trinajstić information content (AvgIpc) is 3.29. The number of carbonyl (C=O) groups is 1. The van der Waals surface area contributed by atoms with Crippen LogP contribution in [0.4, 0.5) is 0 Å². The van der Waals surface area contributed by atoms with Crippen molar-refractivity contribution in [1.82, 2.24) is 5.32 Å². The molecule has 0 rings (SSSR count). The van der Waals surface area contributed by atoms with Gasteiger partial charge in [-0.25, -0.2) is 0 Å². The Morgan fingerprint density at radius 2 is 0.667 bits per heavy atom. The van der Waals surface area contributed by atoms with E-state index < -0.39 is 36.9 Å². The second-order valence-corrected chi connectivity index (χ2v) is 19.3. The molecule has 1 amide bonds. The van der Waals surface area contributed by atoms with Crippen molar-refractivity contribution in [1.29, 1.82) is 0 Å². The lowest BCUT2D eigenvalue weighted by Crippen LogP contribution is -2.53. The minimum absolute atomic E-state index is 0.362. The number of rotatable bonds is 51. The van der Waals surface area contributed by atoms with Crippen LogP contribution in [0.1, 0.15) is 290 Å². The summed E-state index contributed by atoms with van der Waals surface area (Å²) >= 11 is 0. The molecular formula is C57H109NO5. The van der Waals surface area contributed by atoms with Crippen LogP contribution in [0.3, 0.4) is 0 Å². The third-order valence-corrected chi connectivity index (χ3v) is 13.1. The molecular weight excluding hydrogens is 779 g/mol. The van der Waals surface area contributed by atoms with Gasteiger partial charge in [-0.3, -0.25) is 4.79 Å². The molecule has 0 aromatic heterocycles. The van der Waals surface area contributed by atoms with Crippen molar-refractivity contribution < 1.29 is 25.2 Å². The van der Waals surface area contributed by atoms with Crippen LogP contribution in [0.15, 0.2) is 36.5 Å². The Labute approximate surface area is 392 Å². The summed E-state index contributed by atoms with van der Waals surface area (Å²) < 4.78 is 0. The molecule has 0 radical (unpaired) electrons. The lowest BCUT2D eigenvalue weighted by Gasteiger charge is -2.27. The first-order valence-electron chi connectivity index (χ1n) is 27.9. The Hall–Kier alpha value is -1.47. The summed E-state index contributed by atoms with van der Waals surface area (Å²) in [5, 5.41) is 43.9. The zero-order valence-corrected chi connectivity index (χ0v) is 42.1. The molecule has 0 aliphatic heterocycles. The van der Waals surface area contributed by atoms with E-state index in [0.717, 1.165) is 51.4 Å². The number of carbonyl (C=O) groups excluding carboxylic acids is 1. The fourth-order valence-corrected chi connectivity index (χ4v) is 8.67. The molecule has 0 fully saturated rings. The highest BCUT2D eigenvalue weighted by atomic mass is 16.3. The van der Waals surface area contributed by atoms with E-state index in [4.69, 9.17) is 0 Å². The van der Waals surface area contributed by atoms with E-state index in [2.05, 4.69) is 55.6 Å². The fraction of sp³-hybridized carbons (Fsp3) is 0.877. The standard InChI is InChI=1S/C57H109NO5/c1-3-5-7-9-11-13-15-17-19-21-23-24-25-26-27-28-29-30-31-32-33-35-36-38-40-42-44-46-48-50-54(60)56(62)53(52-59)58-57(63)55(61)51-49-47-45-43-41-39-37-34-22-20-18-16-14-12-10-8-6-4-2/h30-31,35-36,42,44,53-56,59-62H,3-29,32-34,37-41,43,45-52H2,1-2H3,(H,58,63)/b31-30+,36-35+,44-42+. The van der Waals surface area contributed by atoms with Gasteiger partial charge in [-0.1, -0.05) is 262 Å². The molecule has 6 nitrogen and oxygen atoms in total. The van der Waals surface area contributed by atoms with Crippen molar-refractivity contribution in [3.63, 3.8) is 0 Å². The molecule has 0 aromatic rings. The summed E-state index contributed by atoms with van der Waals surface area (Å²) in [6.45, 7) is 4.07. The normalized spacial score (nSPS) is 14.1. The van der Waals surface area contributed by atoms with Gasteiger partial charge in [0.05, 0.1) is 18.8 Å². The smallest absolute Gasteiger partial charge is 0.249 e. The second kappa shape index (κ2) is 51.5. The molecule has 63 heavy (non-hydrogen) atoms. The van der Waals surface area contributed by atoms with Gasteiger partial charge in [-0.15, -0.1) is 0 Å². The highest BCUT2D eigenvalue weighted by Gasteiger charge is 2.28. The zero-order valence-electron chi connectivity index (χ0n) is 42.1. The van der Waals surface area contributed by atoms with E-state index in [0.29, 0.717) is 19.3 Å². The molecule has 0 saturated carbocycles. The topological polar surface area (TPSA) is 110 Å². The number of allylic oxidation sites excluding steroid dienone is 6. The predicted molar refractivity (Wildman–Crippen MR) is 274 cm³/mol. The van der Waals surface area contributed by atoms with Gasteiger partial charge in [0.2, 0.25) is 5.91 Å². The molecule has 0 aliphatic carbocycles. The van der Waals surface area contributed by atoms with Crippen LogP contribution in [0.5, 0.6) is 0 Å². The number of unbranched alkanes of at least 4 members (excludes halogenated alkanes) is 36. The van der Waals surface area contributed by atoms with Crippen molar-refractivity contribution in [2.45, 2.75) is 314 Å². The van der Waals surface area contributed by atoms with E-state index in [-0.39, 0.29) is 0 Å². The summed E-state index contributed by atoms with van der Waals surface area (Å²) in [7, 11) is 0. The molecule has 5 N–H and O–H groups in total. The maximum absolute atomic E-state index is 12.6. The second-order valence-electron chi connectivity index (χ2n) is 19.3. The van der Waals surface area contributed by atoms with E-state index >= 15 is 0 Å². The van der Waals surface area contributed by atoms with Crippen molar-refractivity contribution in [2.75, 3.05) is 6.61 Å². The zero-order chi connectivity index (χ0) is 45.9. The summed E-state index contributed by atoms with van der Waals surface area (Å²) in [4.78, 5) is 12.6. The van der Waals surface area contributed by atoms with Crippen LogP contribution in [0, 0.1) is 0 Å². The van der Waals surface area contributed by atoms with Gasteiger partial charge in [0.25, 0.3) is 0 Å². The van der Waals surface area contributed by atoms with E-state index in [1.54, 1.807) is 0 Å². The van der Waals surface area contributed by atoms with E-state index in [1.807, 2.05) is 0 Å². The molecule has 4 unspecified atom stereocenters. The molecule has 372 valence electrons. The third-order valence-electron chi connectivity index (χ3n) is 13.1. The SMILES string of the molecule is CCCCCCCCCCCCCCCCCC/C=C/CC/C=C/CC/C=C/CCCC(O)C(O)C(CO)NC(=O)C(O)CCCCCCCCCCCCCCCCCCCC. The Balaban J connectivity index is 3.70. The highest BCUT2D eigenvalue weighted by molar-refractivity contribution is 5.80. The number of aliphatic hydroxyl groups excluding tert-OH is 4. The Kier molecular flexibility index (Phi) is 50.3. The number of hydrogen-bond acceptors (Lipinski definition) is 5. The maximum Gasteiger partial charge on any atom is 0.249 e. The van der Waals surface area contributed by atoms with Gasteiger partial charge in [0.15, 0.2) is 0 Å². The average molecular weight is 889 g/mol. The molecule has 0 spiro atoms. The summed E-state index contributed by atoms with van der Waals surface area (Å²) in [6, 6.07) is -1.01. The maximum atomic E-state index is 12.6. The molecule has 0 aromatic carbocycles. The first kappa shape index (κ1) is 61.5. The number of hydrogen-bond donors (Lipinski definition) is 5. The quantitative estimate of drug-likeness (QED) is 0.0309.